The van der Waals surface area contributed by atoms with Gasteiger partial charge in [0.1, 0.15) is 12.1 Å². The van der Waals surface area contributed by atoms with Gasteiger partial charge in [-0.05, 0) is 37.5 Å². The summed E-state index contributed by atoms with van der Waals surface area (Å²) >= 11 is 0. The third kappa shape index (κ3) is 3.35. The van der Waals surface area contributed by atoms with E-state index in [1.54, 1.807) is 26.0 Å². The van der Waals surface area contributed by atoms with Gasteiger partial charge in [-0.2, -0.15) is 0 Å². The average Bonchev–Trinajstić information content (AvgIpc) is 2.58. The zero-order valence-electron chi connectivity index (χ0n) is 14.3. The van der Waals surface area contributed by atoms with Crippen molar-refractivity contribution in [2.24, 2.45) is 0 Å². The SMILES string of the molecule is CCC(CC)(C(=O)O)n1cccc(OCc2ccc(C)cc2)c1=O. The highest BCUT2D eigenvalue weighted by atomic mass is 16.5. The fourth-order valence-corrected chi connectivity index (χ4v) is 2.76. The minimum absolute atomic E-state index is 0.158. The number of hydrogen-bond donors (Lipinski definition) is 1. The Kier molecular flexibility index (Phi) is 5.44. The molecule has 2 rings (SSSR count). The summed E-state index contributed by atoms with van der Waals surface area (Å²) in [4.78, 5) is 24.4. The Labute approximate surface area is 141 Å². The highest BCUT2D eigenvalue weighted by molar-refractivity contribution is 5.76. The molecule has 128 valence electrons. The van der Waals surface area contributed by atoms with Gasteiger partial charge in [-0.25, -0.2) is 4.79 Å². The highest BCUT2D eigenvalue weighted by Crippen LogP contribution is 2.25. The maximum absolute atomic E-state index is 12.7. The van der Waals surface area contributed by atoms with Crippen molar-refractivity contribution in [3.63, 3.8) is 0 Å². The molecule has 5 nitrogen and oxygen atoms in total. The number of pyridine rings is 1. The number of aromatic nitrogens is 1. The van der Waals surface area contributed by atoms with Crippen LogP contribution in [0.15, 0.2) is 47.4 Å². The number of rotatable bonds is 7. The summed E-state index contributed by atoms with van der Waals surface area (Å²) in [5.74, 6) is -0.851. The molecule has 0 aliphatic rings. The Bertz CT molecular complexity index is 758. The maximum Gasteiger partial charge on any atom is 0.329 e. The van der Waals surface area contributed by atoms with Crippen LogP contribution >= 0.6 is 0 Å². The standard InChI is InChI=1S/C19H23NO4/c1-4-19(5-2,18(22)23)20-12-6-7-16(17(20)21)24-13-15-10-8-14(3)9-11-15/h6-12H,4-5,13H2,1-3H3,(H,22,23). The second-order valence-electron chi connectivity index (χ2n) is 5.87. The van der Waals surface area contributed by atoms with Crippen LogP contribution in [0.1, 0.15) is 37.8 Å². The molecular formula is C19H23NO4. The van der Waals surface area contributed by atoms with E-state index in [1.165, 1.54) is 10.8 Å². The molecule has 0 aliphatic heterocycles. The number of carboxylic acids is 1. The van der Waals surface area contributed by atoms with Gasteiger partial charge in [-0.3, -0.25) is 9.36 Å². The molecule has 5 heteroatoms. The number of hydrogen-bond acceptors (Lipinski definition) is 3. The van der Waals surface area contributed by atoms with E-state index in [0.29, 0.717) is 12.8 Å². The van der Waals surface area contributed by atoms with Crippen molar-refractivity contribution >= 4 is 5.97 Å². The van der Waals surface area contributed by atoms with Crippen LogP contribution in [0.5, 0.6) is 5.75 Å². The maximum atomic E-state index is 12.7. The minimum atomic E-state index is -1.25. The van der Waals surface area contributed by atoms with Crippen molar-refractivity contribution in [3.8, 4) is 5.75 Å². The van der Waals surface area contributed by atoms with Crippen LogP contribution in [-0.2, 0) is 16.9 Å². The van der Waals surface area contributed by atoms with Crippen molar-refractivity contribution in [1.29, 1.82) is 0 Å². The van der Waals surface area contributed by atoms with Gasteiger partial charge in [0, 0.05) is 6.20 Å². The molecule has 0 aliphatic carbocycles. The molecule has 0 fully saturated rings. The number of ether oxygens (including phenoxy) is 1. The zero-order chi connectivity index (χ0) is 17.7. The van der Waals surface area contributed by atoms with E-state index in [1.807, 2.05) is 31.2 Å². The van der Waals surface area contributed by atoms with Crippen molar-refractivity contribution in [2.45, 2.75) is 45.8 Å². The van der Waals surface area contributed by atoms with E-state index in [9.17, 15) is 14.7 Å². The molecule has 1 aromatic carbocycles. The lowest BCUT2D eigenvalue weighted by molar-refractivity contribution is -0.148. The molecule has 24 heavy (non-hydrogen) atoms. The molecule has 1 heterocycles. The lowest BCUT2D eigenvalue weighted by atomic mass is 9.92. The lowest BCUT2D eigenvalue weighted by Crippen LogP contribution is -2.46. The van der Waals surface area contributed by atoms with E-state index in [0.717, 1.165) is 11.1 Å². The Morgan fingerprint density at radius 3 is 2.33 bits per heavy atom. The van der Waals surface area contributed by atoms with Gasteiger partial charge in [-0.15, -0.1) is 0 Å². The fraction of sp³-hybridized carbons (Fsp3) is 0.368. The number of carbonyl (C=O) groups is 1. The predicted octanol–water partition coefficient (Wildman–Crippen LogP) is 3.34. The Morgan fingerprint density at radius 2 is 1.79 bits per heavy atom. The third-order valence-electron chi connectivity index (χ3n) is 4.46. The third-order valence-corrected chi connectivity index (χ3v) is 4.46. The van der Waals surface area contributed by atoms with Crippen LogP contribution in [-0.4, -0.2) is 15.6 Å². The normalized spacial score (nSPS) is 11.3. The van der Waals surface area contributed by atoms with Crippen molar-refractivity contribution in [3.05, 3.63) is 64.1 Å². The van der Waals surface area contributed by atoms with E-state index in [4.69, 9.17) is 4.74 Å². The summed E-state index contributed by atoms with van der Waals surface area (Å²) in [6.45, 7) is 5.80. The summed E-state index contributed by atoms with van der Waals surface area (Å²) in [6, 6.07) is 11.1. The Hall–Kier alpha value is -2.56. The predicted molar refractivity (Wildman–Crippen MR) is 92.4 cm³/mol. The Balaban J connectivity index is 2.32. The first-order valence-electron chi connectivity index (χ1n) is 8.08. The minimum Gasteiger partial charge on any atom is -0.483 e. The second-order valence-corrected chi connectivity index (χ2v) is 5.87. The first-order chi connectivity index (χ1) is 11.4. The van der Waals surface area contributed by atoms with Gasteiger partial charge in [0.15, 0.2) is 5.75 Å². The number of aliphatic carboxylic acids is 1. The topological polar surface area (TPSA) is 68.5 Å². The summed E-state index contributed by atoms with van der Waals surface area (Å²) in [7, 11) is 0. The number of aryl methyl sites for hydroxylation is 1. The first-order valence-corrected chi connectivity index (χ1v) is 8.08. The van der Waals surface area contributed by atoms with Crippen LogP contribution in [0.2, 0.25) is 0 Å². The van der Waals surface area contributed by atoms with Crippen molar-refractivity contribution in [1.82, 2.24) is 4.57 Å². The van der Waals surface area contributed by atoms with Gasteiger partial charge < -0.3 is 9.84 Å². The average molecular weight is 329 g/mol. The quantitative estimate of drug-likeness (QED) is 0.846. The molecular weight excluding hydrogens is 306 g/mol. The summed E-state index contributed by atoms with van der Waals surface area (Å²) in [6.07, 6.45) is 2.16. The van der Waals surface area contributed by atoms with Gasteiger partial charge in [-0.1, -0.05) is 43.7 Å². The summed E-state index contributed by atoms with van der Waals surface area (Å²) in [5, 5.41) is 9.63. The first kappa shape index (κ1) is 17.8. The van der Waals surface area contributed by atoms with E-state index >= 15 is 0 Å². The molecule has 0 spiro atoms. The van der Waals surface area contributed by atoms with E-state index < -0.39 is 17.1 Å². The Morgan fingerprint density at radius 1 is 1.17 bits per heavy atom. The van der Waals surface area contributed by atoms with Gasteiger partial charge in [0.2, 0.25) is 0 Å². The molecule has 0 atom stereocenters. The van der Waals surface area contributed by atoms with Crippen LogP contribution < -0.4 is 10.3 Å². The van der Waals surface area contributed by atoms with Crippen LogP contribution in [0.4, 0.5) is 0 Å². The molecule has 0 unspecified atom stereocenters. The molecule has 0 bridgehead atoms. The molecule has 0 radical (unpaired) electrons. The van der Waals surface area contributed by atoms with Gasteiger partial charge >= 0.3 is 5.97 Å². The van der Waals surface area contributed by atoms with Crippen molar-refractivity contribution < 1.29 is 14.6 Å². The molecule has 0 amide bonds. The largest absolute Gasteiger partial charge is 0.483 e. The zero-order valence-corrected chi connectivity index (χ0v) is 14.3. The number of carboxylic acid groups (broad SMARTS) is 1. The smallest absolute Gasteiger partial charge is 0.329 e. The second kappa shape index (κ2) is 7.34. The van der Waals surface area contributed by atoms with Gasteiger partial charge in [0.25, 0.3) is 5.56 Å². The summed E-state index contributed by atoms with van der Waals surface area (Å²) in [5.41, 5.74) is 0.430. The number of nitrogens with zero attached hydrogens (tertiary/aromatic N) is 1. The molecule has 0 saturated carbocycles. The van der Waals surface area contributed by atoms with E-state index in [-0.39, 0.29) is 12.4 Å². The lowest BCUT2D eigenvalue weighted by Gasteiger charge is -2.29. The fourth-order valence-electron chi connectivity index (χ4n) is 2.76. The molecule has 1 aromatic heterocycles. The van der Waals surface area contributed by atoms with Crippen LogP contribution in [0.3, 0.4) is 0 Å². The molecule has 1 N–H and O–H groups in total. The van der Waals surface area contributed by atoms with Crippen molar-refractivity contribution in [2.75, 3.05) is 0 Å². The summed E-state index contributed by atoms with van der Waals surface area (Å²) < 4.78 is 6.92. The van der Waals surface area contributed by atoms with E-state index in [2.05, 4.69) is 0 Å². The molecule has 2 aromatic rings. The molecule has 0 saturated heterocycles. The van der Waals surface area contributed by atoms with Gasteiger partial charge in [0.05, 0.1) is 0 Å². The highest BCUT2D eigenvalue weighted by Gasteiger charge is 2.38. The van der Waals surface area contributed by atoms with Crippen LogP contribution in [0.25, 0.3) is 0 Å². The monoisotopic (exact) mass is 329 g/mol. The number of benzene rings is 1. The van der Waals surface area contributed by atoms with Crippen LogP contribution in [0, 0.1) is 6.92 Å².